The van der Waals surface area contributed by atoms with Gasteiger partial charge in [-0.25, -0.2) is 0 Å². The lowest BCUT2D eigenvalue weighted by Gasteiger charge is -2.23. The molecule has 26 heavy (non-hydrogen) atoms. The van der Waals surface area contributed by atoms with Crippen molar-refractivity contribution < 1.29 is 4.79 Å². The van der Waals surface area contributed by atoms with Crippen LogP contribution in [-0.2, 0) is 4.79 Å². The van der Waals surface area contributed by atoms with Gasteiger partial charge in [-0.1, -0.05) is 0 Å². The van der Waals surface area contributed by atoms with Crippen LogP contribution in [-0.4, -0.2) is 43.5 Å². The van der Waals surface area contributed by atoms with Gasteiger partial charge in [0.05, 0.1) is 18.2 Å². The fourth-order valence-electron chi connectivity index (χ4n) is 3.07. The van der Waals surface area contributed by atoms with Gasteiger partial charge in [-0.15, -0.1) is 0 Å². The van der Waals surface area contributed by atoms with Crippen molar-refractivity contribution in [3.8, 4) is 6.07 Å². The molecule has 1 aliphatic heterocycles. The summed E-state index contributed by atoms with van der Waals surface area (Å²) in [7, 11) is 0. The van der Waals surface area contributed by atoms with E-state index in [0.717, 1.165) is 47.5 Å². The van der Waals surface area contributed by atoms with Crippen molar-refractivity contribution in [2.45, 2.75) is 6.42 Å². The van der Waals surface area contributed by atoms with E-state index in [1.807, 2.05) is 48.5 Å². The van der Waals surface area contributed by atoms with Crippen LogP contribution in [0.25, 0.3) is 0 Å². The summed E-state index contributed by atoms with van der Waals surface area (Å²) in [6.07, 6.45) is 1.01. The topological polar surface area (TPSA) is 59.4 Å². The summed E-state index contributed by atoms with van der Waals surface area (Å²) in [4.78, 5) is 16.8. The predicted molar refractivity (Wildman–Crippen MR) is 112 cm³/mol. The largest absolute Gasteiger partial charge is 0.370 e. The summed E-state index contributed by atoms with van der Waals surface area (Å²) < 4.78 is 1.15. The van der Waals surface area contributed by atoms with E-state index in [4.69, 9.17) is 5.26 Å². The highest BCUT2D eigenvalue weighted by molar-refractivity contribution is 14.1. The molecule has 5 nitrogen and oxygen atoms in total. The molecule has 2 aromatic carbocycles. The molecule has 1 amide bonds. The number of anilines is 2. The second kappa shape index (κ2) is 9.01. The Morgan fingerprint density at radius 2 is 1.77 bits per heavy atom. The molecule has 1 aliphatic rings. The van der Waals surface area contributed by atoms with Gasteiger partial charge in [0.1, 0.15) is 0 Å². The summed E-state index contributed by atoms with van der Waals surface area (Å²) in [5.74, 6) is 0.0260. The van der Waals surface area contributed by atoms with Gasteiger partial charge in [-0.2, -0.15) is 5.26 Å². The molecule has 1 fully saturated rings. The molecule has 0 bridgehead atoms. The van der Waals surface area contributed by atoms with E-state index in [2.05, 4.69) is 43.8 Å². The lowest BCUT2D eigenvalue weighted by atomic mass is 10.2. The Bertz CT molecular complexity index is 783. The first-order chi connectivity index (χ1) is 12.6. The fourth-order valence-corrected chi connectivity index (χ4v) is 3.43. The number of benzene rings is 2. The Labute approximate surface area is 167 Å². The number of halogens is 1. The third-order valence-corrected chi connectivity index (χ3v) is 5.16. The van der Waals surface area contributed by atoms with Gasteiger partial charge in [0, 0.05) is 41.1 Å². The van der Waals surface area contributed by atoms with Gasteiger partial charge in [-0.05, 0) is 77.5 Å². The Balaban J connectivity index is 1.52. The normalized spacial score (nSPS) is 15.2. The van der Waals surface area contributed by atoms with E-state index in [1.165, 1.54) is 0 Å². The van der Waals surface area contributed by atoms with Gasteiger partial charge in [0.25, 0.3) is 0 Å². The molecule has 3 rings (SSSR count). The maximum Gasteiger partial charge on any atom is 0.238 e. The van der Waals surface area contributed by atoms with Crippen LogP contribution >= 0.6 is 22.6 Å². The first kappa shape index (κ1) is 18.7. The Hall–Kier alpha value is -2.11. The number of carbonyl (C=O) groups is 1. The molecule has 6 heteroatoms. The molecule has 0 atom stereocenters. The van der Waals surface area contributed by atoms with Gasteiger partial charge >= 0.3 is 0 Å². The fraction of sp³-hybridized carbons (Fsp3) is 0.300. The van der Waals surface area contributed by atoms with Gasteiger partial charge in [-0.3, -0.25) is 9.69 Å². The SMILES string of the molecule is N#Cc1ccc(N2CCCN(CC(=O)Nc3ccc(I)cc3)CC2)cc1. The number of rotatable bonds is 4. The lowest BCUT2D eigenvalue weighted by Crippen LogP contribution is -2.36. The van der Waals surface area contributed by atoms with Crippen molar-refractivity contribution in [3.05, 3.63) is 57.7 Å². The van der Waals surface area contributed by atoms with Crippen LogP contribution in [0, 0.1) is 14.9 Å². The molecule has 0 radical (unpaired) electrons. The highest BCUT2D eigenvalue weighted by atomic mass is 127. The number of nitriles is 1. The van der Waals surface area contributed by atoms with E-state index < -0.39 is 0 Å². The van der Waals surface area contributed by atoms with E-state index in [-0.39, 0.29) is 5.91 Å². The zero-order valence-corrected chi connectivity index (χ0v) is 16.6. The van der Waals surface area contributed by atoms with Gasteiger partial charge in [0.15, 0.2) is 0 Å². The molecule has 2 aromatic rings. The summed E-state index contributed by atoms with van der Waals surface area (Å²) in [5.41, 5.74) is 2.65. The molecule has 1 heterocycles. The zero-order chi connectivity index (χ0) is 18.4. The molecule has 0 aromatic heterocycles. The van der Waals surface area contributed by atoms with E-state index >= 15 is 0 Å². The van der Waals surface area contributed by atoms with Crippen LogP contribution in [0.15, 0.2) is 48.5 Å². The molecule has 0 spiro atoms. The van der Waals surface area contributed by atoms with Crippen LogP contribution in [0.4, 0.5) is 11.4 Å². The van der Waals surface area contributed by atoms with Crippen LogP contribution in [0.5, 0.6) is 0 Å². The maximum atomic E-state index is 12.3. The first-order valence-corrected chi connectivity index (χ1v) is 9.75. The minimum Gasteiger partial charge on any atom is -0.370 e. The van der Waals surface area contributed by atoms with Crippen molar-refractivity contribution in [3.63, 3.8) is 0 Å². The number of nitrogens with one attached hydrogen (secondary N) is 1. The van der Waals surface area contributed by atoms with Crippen molar-refractivity contribution in [2.24, 2.45) is 0 Å². The van der Waals surface area contributed by atoms with Crippen LogP contribution in [0.1, 0.15) is 12.0 Å². The molecular weight excluding hydrogens is 439 g/mol. The second-order valence-corrected chi connectivity index (χ2v) is 7.58. The number of hydrogen-bond acceptors (Lipinski definition) is 4. The van der Waals surface area contributed by atoms with Crippen molar-refractivity contribution in [2.75, 3.05) is 42.9 Å². The number of nitrogens with zero attached hydrogens (tertiary/aromatic N) is 3. The molecule has 1 saturated heterocycles. The Morgan fingerprint density at radius 3 is 2.46 bits per heavy atom. The summed E-state index contributed by atoms with van der Waals surface area (Å²) >= 11 is 2.25. The molecule has 134 valence electrons. The number of carbonyl (C=O) groups excluding carboxylic acids is 1. The standard InChI is InChI=1S/C20H21IN4O/c21-17-4-6-18(7-5-17)23-20(26)15-24-10-1-11-25(13-12-24)19-8-2-16(14-22)3-9-19/h2-9H,1,10-13,15H2,(H,23,26). The minimum atomic E-state index is 0.0260. The minimum absolute atomic E-state index is 0.0260. The number of amides is 1. The van der Waals surface area contributed by atoms with Crippen LogP contribution in [0.2, 0.25) is 0 Å². The predicted octanol–water partition coefficient (Wildman–Crippen LogP) is 3.31. The van der Waals surface area contributed by atoms with Crippen LogP contribution < -0.4 is 10.2 Å². The third-order valence-electron chi connectivity index (χ3n) is 4.45. The van der Waals surface area contributed by atoms with E-state index in [1.54, 1.807) is 0 Å². The Kier molecular flexibility index (Phi) is 6.47. The summed E-state index contributed by atoms with van der Waals surface area (Å²) in [6.45, 7) is 4.00. The monoisotopic (exact) mass is 460 g/mol. The van der Waals surface area contributed by atoms with E-state index in [0.29, 0.717) is 12.1 Å². The highest BCUT2D eigenvalue weighted by Gasteiger charge is 2.17. The van der Waals surface area contributed by atoms with Gasteiger partial charge < -0.3 is 10.2 Å². The summed E-state index contributed by atoms with van der Waals surface area (Å²) in [5, 5.41) is 11.9. The molecule has 0 unspecified atom stereocenters. The van der Waals surface area contributed by atoms with E-state index in [9.17, 15) is 4.79 Å². The zero-order valence-electron chi connectivity index (χ0n) is 14.5. The van der Waals surface area contributed by atoms with Crippen LogP contribution in [0.3, 0.4) is 0 Å². The quantitative estimate of drug-likeness (QED) is 0.712. The molecule has 1 N–H and O–H groups in total. The van der Waals surface area contributed by atoms with Crippen molar-refractivity contribution in [1.82, 2.24) is 4.90 Å². The van der Waals surface area contributed by atoms with Crippen molar-refractivity contribution >= 4 is 39.9 Å². The maximum absolute atomic E-state index is 12.3. The third kappa shape index (κ3) is 5.19. The van der Waals surface area contributed by atoms with Gasteiger partial charge in [0.2, 0.25) is 5.91 Å². The Morgan fingerprint density at radius 1 is 1.04 bits per heavy atom. The smallest absolute Gasteiger partial charge is 0.238 e. The molecule has 0 saturated carbocycles. The second-order valence-electron chi connectivity index (χ2n) is 6.33. The average molecular weight is 460 g/mol. The average Bonchev–Trinajstić information content (AvgIpc) is 2.89. The molecular formula is C20H21IN4O. The van der Waals surface area contributed by atoms with Crippen molar-refractivity contribution in [1.29, 1.82) is 5.26 Å². The highest BCUT2D eigenvalue weighted by Crippen LogP contribution is 2.17. The number of hydrogen-bond donors (Lipinski definition) is 1. The summed E-state index contributed by atoms with van der Waals surface area (Å²) in [6, 6.07) is 17.7. The lowest BCUT2D eigenvalue weighted by molar-refractivity contribution is -0.117. The molecule has 0 aliphatic carbocycles. The first-order valence-electron chi connectivity index (χ1n) is 8.67.